The Hall–Kier alpha value is -2.16. The lowest BCUT2D eigenvalue weighted by molar-refractivity contribution is -0.385. The Morgan fingerprint density at radius 2 is 2.24 bits per heavy atom. The van der Waals surface area contributed by atoms with Crippen molar-refractivity contribution in [1.29, 1.82) is 5.26 Å². The molecule has 0 amide bonds. The van der Waals surface area contributed by atoms with Gasteiger partial charge in [-0.1, -0.05) is 12.8 Å². The van der Waals surface area contributed by atoms with E-state index in [1.54, 1.807) is 0 Å². The monoisotopic (exact) mass is 232 g/mol. The molecule has 0 aromatic carbocycles. The minimum Gasteiger partial charge on any atom is -0.366 e. The van der Waals surface area contributed by atoms with Crippen molar-refractivity contribution in [1.82, 2.24) is 4.98 Å². The second-order valence-corrected chi connectivity index (χ2v) is 4.08. The van der Waals surface area contributed by atoms with Crippen molar-refractivity contribution in [3.05, 3.63) is 27.9 Å². The standard InChI is InChI=1S/C11H12N4O2/c12-6-8-5-10(15(16)17)7-13-11(8)14-9-3-1-2-4-9/h5,7,9H,1-4H2,(H,13,14). The van der Waals surface area contributed by atoms with E-state index in [-0.39, 0.29) is 11.3 Å². The zero-order valence-electron chi connectivity index (χ0n) is 9.22. The van der Waals surface area contributed by atoms with Crippen LogP contribution in [0.4, 0.5) is 11.5 Å². The van der Waals surface area contributed by atoms with Gasteiger partial charge in [0.2, 0.25) is 0 Å². The Labute approximate surface area is 98.4 Å². The molecule has 6 nitrogen and oxygen atoms in total. The fourth-order valence-corrected chi connectivity index (χ4v) is 2.02. The zero-order valence-corrected chi connectivity index (χ0v) is 9.22. The summed E-state index contributed by atoms with van der Waals surface area (Å²) in [6.07, 6.45) is 5.64. The summed E-state index contributed by atoms with van der Waals surface area (Å²) in [7, 11) is 0. The van der Waals surface area contributed by atoms with Gasteiger partial charge in [-0.2, -0.15) is 5.26 Å². The van der Waals surface area contributed by atoms with Crippen molar-refractivity contribution in [2.24, 2.45) is 0 Å². The van der Waals surface area contributed by atoms with Gasteiger partial charge in [-0.3, -0.25) is 10.1 Å². The second kappa shape index (κ2) is 4.78. The van der Waals surface area contributed by atoms with Crippen LogP contribution < -0.4 is 5.32 Å². The van der Waals surface area contributed by atoms with Crippen LogP contribution >= 0.6 is 0 Å². The second-order valence-electron chi connectivity index (χ2n) is 4.08. The van der Waals surface area contributed by atoms with E-state index in [9.17, 15) is 10.1 Å². The third-order valence-electron chi connectivity index (χ3n) is 2.90. The van der Waals surface area contributed by atoms with Crippen LogP contribution in [0.5, 0.6) is 0 Å². The summed E-state index contributed by atoms with van der Waals surface area (Å²) in [6.45, 7) is 0. The van der Waals surface area contributed by atoms with Gasteiger partial charge >= 0.3 is 0 Å². The lowest BCUT2D eigenvalue weighted by Crippen LogP contribution is -2.16. The van der Waals surface area contributed by atoms with Crippen molar-refractivity contribution in [2.75, 3.05) is 5.32 Å². The van der Waals surface area contributed by atoms with Crippen LogP contribution in [0, 0.1) is 21.4 Å². The van der Waals surface area contributed by atoms with E-state index in [0.717, 1.165) is 12.8 Å². The molecule has 0 aliphatic heterocycles. The molecule has 1 saturated carbocycles. The first-order valence-electron chi connectivity index (χ1n) is 5.52. The van der Waals surface area contributed by atoms with Crippen LogP contribution in [0.2, 0.25) is 0 Å². The van der Waals surface area contributed by atoms with Crippen LogP contribution in [0.15, 0.2) is 12.3 Å². The van der Waals surface area contributed by atoms with Crippen molar-refractivity contribution in [3.8, 4) is 6.07 Å². The fourth-order valence-electron chi connectivity index (χ4n) is 2.02. The molecule has 1 heterocycles. The van der Waals surface area contributed by atoms with Crippen LogP contribution in [-0.4, -0.2) is 15.9 Å². The number of nitrogens with one attached hydrogen (secondary N) is 1. The normalized spacial score (nSPS) is 15.5. The summed E-state index contributed by atoms with van der Waals surface area (Å²) in [5.74, 6) is 0.449. The predicted octanol–water partition coefficient (Wildman–Crippen LogP) is 2.22. The lowest BCUT2D eigenvalue weighted by Gasteiger charge is -2.13. The Kier molecular flexibility index (Phi) is 3.19. The van der Waals surface area contributed by atoms with Crippen LogP contribution in [0.3, 0.4) is 0 Å². The summed E-state index contributed by atoms with van der Waals surface area (Å²) in [5.41, 5.74) is 0.0737. The molecule has 1 N–H and O–H groups in total. The molecule has 0 radical (unpaired) electrons. The summed E-state index contributed by atoms with van der Waals surface area (Å²) < 4.78 is 0. The third kappa shape index (κ3) is 2.50. The highest BCUT2D eigenvalue weighted by Crippen LogP contribution is 2.24. The summed E-state index contributed by atoms with van der Waals surface area (Å²) in [5, 5.41) is 22.7. The molecule has 17 heavy (non-hydrogen) atoms. The molecule has 0 saturated heterocycles. The smallest absolute Gasteiger partial charge is 0.289 e. The van der Waals surface area contributed by atoms with E-state index >= 15 is 0 Å². The first-order valence-corrected chi connectivity index (χ1v) is 5.52. The number of hydrogen-bond donors (Lipinski definition) is 1. The molecule has 0 spiro atoms. The van der Waals surface area contributed by atoms with Crippen LogP contribution in [0.25, 0.3) is 0 Å². The van der Waals surface area contributed by atoms with E-state index < -0.39 is 4.92 Å². The summed E-state index contributed by atoms with van der Waals surface area (Å²) >= 11 is 0. The molecular formula is C11H12N4O2. The number of nitro groups is 1. The Morgan fingerprint density at radius 1 is 1.53 bits per heavy atom. The number of rotatable bonds is 3. The van der Waals surface area contributed by atoms with Crippen LogP contribution in [-0.2, 0) is 0 Å². The minimum absolute atomic E-state index is 0.154. The zero-order chi connectivity index (χ0) is 12.3. The Bertz CT molecular complexity index is 475. The highest BCUT2D eigenvalue weighted by molar-refractivity contribution is 5.56. The minimum atomic E-state index is -0.548. The molecule has 2 rings (SSSR count). The summed E-state index contributed by atoms with van der Waals surface area (Å²) in [6, 6.07) is 3.52. The van der Waals surface area contributed by atoms with Gasteiger partial charge in [0.15, 0.2) is 0 Å². The average Bonchev–Trinajstić information content (AvgIpc) is 2.82. The number of nitriles is 1. The van der Waals surface area contributed by atoms with E-state index in [4.69, 9.17) is 5.26 Å². The molecule has 1 fully saturated rings. The molecule has 1 aliphatic rings. The topological polar surface area (TPSA) is 91.8 Å². The van der Waals surface area contributed by atoms with Gasteiger partial charge in [-0.05, 0) is 12.8 Å². The molecule has 0 atom stereocenters. The number of nitrogens with zero attached hydrogens (tertiary/aromatic N) is 3. The van der Waals surface area contributed by atoms with Crippen molar-refractivity contribution in [2.45, 2.75) is 31.7 Å². The molecule has 1 aliphatic carbocycles. The lowest BCUT2D eigenvalue weighted by atomic mass is 10.2. The molecule has 0 unspecified atom stereocenters. The molecule has 1 aromatic heterocycles. The van der Waals surface area contributed by atoms with E-state index in [1.165, 1.54) is 25.1 Å². The summed E-state index contributed by atoms with van der Waals surface area (Å²) in [4.78, 5) is 14.0. The maximum atomic E-state index is 10.6. The predicted molar refractivity (Wildman–Crippen MR) is 61.5 cm³/mol. The SMILES string of the molecule is N#Cc1cc([N+](=O)[O-])cnc1NC1CCCC1. The van der Waals surface area contributed by atoms with E-state index in [1.807, 2.05) is 6.07 Å². The molecule has 88 valence electrons. The quantitative estimate of drug-likeness (QED) is 0.637. The highest BCUT2D eigenvalue weighted by atomic mass is 16.6. The number of hydrogen-bond acceptors (Lipinski definition) is 5. The number of anilines is 1. The van der Waals surface area contributed by atoms with Gasteiger partial charge < -0.3 is 5.32 Å². The average molecular weight is 232 g/mol. The third-order valence-corrected chi connectivity index (χ3v) is 2.90. The Balaban J connectivity index is 2.22. The van der Waals surface area contributed by atoms with Gasteiger partial charge in [0.05, 0.1) is 4.92 Å². The first kappa shape index (κ1) is 11.3. The van der Waals surface area contributed by atoms with E-state index in [0.29, 0.717) is 11.9 Å². The molecule has 6 heteroatoms. The van der Waals surface area contributed by atoms with Crippen molar-refractivity contribution < 1.29 is 4.92 Å². The first-order chi connectivity index (χ1) is 8.20. The van der Waals surface area contributed by atoms with Gasteiger partial charge in [-0.25, -0.2) is 4.98 Å². The van der Waals surface area contributed by atoms with Gasteiger partial charge in [0.25, 0.3) is 5.69 Å². The largest absolute Gasteiger partial charge is 0.366 e. The maximum absolute atomic E-state index is 10.6. The van der Waals surface area contributed by atoms with Gasteiger partial charge in [0.1, 0.15) is 23.6 Å². The molecule has 1 aromatic rings. The molecular weight excluding hydrogens is 220 g/mol. The van der Waals surface area contributed by atoms with E-state index in [2.05, 4.69) is 10.3 Å². The maximum Gasteiger partial charge on any atom is 0.289 e. The number of aromatic nitrogens is 1. The van der Waals surface area contributed by atoms with Crippen LogP contribution in [0.1, 0.15) is 31.2 Å². The molecule has 0 bridgehead atoms. The van der Waals surface area contributed by atoms with Gasteiger partial charge in [0, 0.05) is 12.1 Å². The highest BCUT2D eigenvalue weighted by Gasteiger charge is 2.18. The van der Waals surface area contributed by atoms with Crippen molar-refractivity contribution >= 4 is 11.5 Å². The fraction of sp³-hybridized carbons (Fsp3) is 0.455. The number of pyridine rings is 1. The Morgan fingerprint density at radius 3 is 2.82 bits per heavy atom. The van der Waals surface area contributed by atoms with Crippen molar-refractivity contribution in [3.63, 3.8) is 0 Å². The van der Waals surface area contributed by atoms with Gasteiger partial charge in [-0.15, -0.1) is 0 Å².